The van der Waals surface area contributed by atoms with E-state index < -0.39 is 0 Å². The van der Waals surface area contributed by atoms with Crippen LogP contribution < -0.4 is 5.32 Å². The lowest BCUT2D eigenvalue weighted by molar-refractivity contribution is 0.184. The molecule has 2 nitrogen and oxygen atoms in total. The predicted octanol–water partition coefficient (Wildman–Crippen LogP) is 2.31. The zero-order valence-electron chi connectivity index (χ0n) is 7.93. The van der Waals surface area contributed by atoms with E-state index in [0.29, 0.717) is 6.61 Å². The van der Waals surface area contributed by atoms with Crippen molar-refractivity contribution in [2.24, 2.45) is 0 Å². The van der Waals surface area contributed by atoms with E-state index in [9.17, 15) is 0 Å². The highest BCUT2D eigenvalue weighted by Crippen LogP contribution is 2.17. The van der Waals surface area contributed by atoms with Crippen LogP contribution >= 0.6 is 15.9 Å². The average molecular weight is 244 g/mol. The summed E-state index contributed by atoms with van der Waals surface area (Å²) in [7, 11) is 3.66. The molecule has 0 saturated carbocycles. The fourth-order valence-electron chi connectivity index (χ4n) is 1.25. The first-order chi connectivity index (χ1) is 6.27. The number of hydrogen-bond acceptors (Lipinski definition) is 2. The number of rotatable bonds is 4. The van der Waals surface area contributed by atoms with Gasteiger partial charge < -0.3 is 10.1 Å². The van der Waals surface area contributed by atoms with Crippen LogP contribution in [-0.4, -0.2) is 14.2 Å². The molecule has 72 valence electrons. The third-order valence-corrected chi connectivity index (χ3v) is 2.33. The van der Waals surface area contributed by atoms with Crippen LogP contribution in [0.1, 0.15) is 11.1 Å². The highest BCUT2D eigenvalue weighted by atomic mass is 79.9. The summed E-state index contributed by atoms with van der Waals surface area (Å²) in [5.74, 6) is 0. The van der Waals surface area contributed by atoms with E-state index in [1.165, 1.54) is 11.1 Å². The van der Waals surface area contributed by atoms with E-state index in [0.717, 1.165) is 11.0 Å². The van der Waals surface area contributed by atoms with Crippen LogP contribution in [0.25, 0.3) is 0 Å². The zero-order chi connectivity index (χ0) is 9.68. The number of methoxy groups -OCH3 is 1. The molecular weight excluding hydrogens is 230 g/mol. The summed E-state index contributed by atoms with van der Waals surface area (Å²) in [6.45, 7) is 1.54. The topological polar surface area (TPSA) is 21.3 Å². The van der Waals surface area contributed by atoms with Gasteiger partial charge in [0.1, 0.15) is 0 Å². The van der Waals surface area contributed by atoms with Gasteiger partial charge in [-0.1, -0.05) is 22.0 Å². The van der Waals surface area contributed by atoms with Crippen LogP contribution in [0.5, 0.6) is 0 Å². The fraction of sp³-hybridized carbons (Fsp3) is 0.400. The molecule has 1 N–H and O–H groups in total. The minimum Gasteiger partial charge on any atom is -0.380 e. The van der Waals surface area contributed by atoms with Crippen molar-refractivity contribution in [1.29, 1.82) is 0 Å². The van der Waals surface area contributed by atoms with Crippen molar-refractivity contribution >= 4 is 15.9 Å². The van der Waals surface area contributed by atoms with Crippen molar-refractivity contribution < 1.29 is 4.74 Å². The maximum atomic E-state index is 5.11. The summed E-state index contributed by atoms with van der Waals surface area (Å²) in [6.07, 6.45) is 0. The predicted molar refractivity (Wildman–Crippen MR) is 57.6 cm³/mol. The lowest BCUT2D eigenvalue weighted by Gasteiger charge is -2.08. The van der Waals surface area contributed by atoms with Gasteiger partial charge in [-0.2, -0.15) is 0 Å². The smallest absolute Gasteiger partial charge is 0.0716 e. The van der Waals surface area contributed by atoms with Gasteiger partial charge in [-0.05, 0) is 30.3 Å². The Kier molecular flexibility index (Phi) is 4.42. The summed E-state index contributed by atoms with van der Waals surface area (Å²) >= 11 is 3.45. The lowest BCUT2D eigenvalue weighted by atomic mass is 10.1. The van der Waals surface area contributed by atoms with Gasteiger partial charge in [0.2, 0.25) is 0 Å². The largest absolute Gasteiger partial charge is 0.380 e. The highest BCUT2D eigenvalue weighted by Gasteiger charge is 2.01. The van der Waals surface area contributed by atoms with Crippen molar-refractivity contribution in [3.63, 3.8) is 0 Å². The first-order valence-corrected chi connectivity index (χ1v) is 4.98. The minimum absolute atomic E-state index is 0.671. The van der Waals surface area contributed by atoms with Crippen LogP contribution in [0, 0.1) is 0 Å². The molecule has 0 atom stereocenters. The van der Waals surface area contributed by atoms with Gasteiger partial charge in [-0.3, -0.25) is 0 Å². The molecule has 13 heavy (non-hydrogen) atoms. The van der Waals surface area contributed by atoms with E-state index >= 15 is 0 Å². The molecule has 3 heteroatoms. The molecule has 0 aliphatic carbocycles. The van der Waals surface area contributed by atoms with Crippen LogP contribution in [-0.2, 0) is 17.9 Å². The molecule has 1 aromatic rings. The molecule has 1 rings (SSSR count). The summed E-state index contributed by atoms with van der Waals surface area (Å²) < 4.78 is 6.22. The van der Waals surface area contributed by atoms with Crippen molar-refractivity contribution in [2.45, 2.75) is 13.2 Å². The van der Waals surface area contributed by atoms with E-state index in [1.54, 1.807) is 7.11 Å². The van der Waals surface area contributed by atoms with Gasteiger partial charge in [-0.15, -0.1) is 0 Å². The maximum Gasteiger partial charge on any atom is 0.0716 e. The van der Waals surface area contributed by atoms with E-state index in [1.807, 2.05) is 13.1 Å². The molecule has 1 aromatic carbocycles. The molecule has 0 spiro atoms. The normalized spacial score (nSPS) is 10.4. The van der Waals surface area contributed by atoms with Gasteiger partial charge in [0.15, 0.2) is 0 Å². The van der Waals surface area contributed by atoms with Crippen LogP contribution in [0.2, 0.25) is 0 Å². The molecule has 0 heterocycles. The molecular formula is C10H14BrNO. The quantitative estimate of drug-likeness (QED) is 0.877. The highest BCUT2D eigenvalue weighted by molar-refractivity contribution is 9.10. The number of hydrogen-bond donors (Lipinski definition) is 1. The molecule has 0 fully saturated rings. The third-order valence-electron chi connectivity index (χ3n) is 1.84. The van der Waals surface area contributed by atoms with Gasteiger partial charge in [-0.25, -0.2) is 0 Å². The molecule has 0 aliphatic heterocycles. The second-order valence-electron chi connectivity index (χ2n) is 2.88. The Morgan fingerprint density at radius 2 is 2.15 bits per heavy atom. The first kappa shape index (κ1) is 10.7. The molecule has 0 amide bonds. The SMILES string of the molecule is CNCc1cc(Br)ccc1COC. The van der Waals surface area contributed by atoms with Gasteiger partial charge in [0, 0.05) is 18.1 Å². The number of nitrogens with one attached hydrogen (secondary N) is 1. The Hall–Kier alpha value is -0.380. The second kappa shape index (κ2) is 5.37. The van der Waals surface area contributed by atoms with Gasteiger partial charge in [0.05, 0.1) is 6.61 Å². The van der Waals surface area contributed by atoms with E-state index in [-0.39, 0.29) is 0 Å². The number of halogens is 1. The van der Waals surface area contributed by atoms with E-state index in [2.05, 4.69) is 33.4 Å². The van der Waals surface area contributed by atoms with Crippen molar-refractivity contribution in [3.05, 3.63) is 33.8 Å². The summed E-state index contributed by atoms with van der Waals surface area (Å²) in [5.41, 5.74) is 2.51. The summed E-state index contributed by atoms with van der Waals surface area (Å²) in [4.78, 5) is 0. The Bertz CT molecular complexity index is 276. The van der Waals surface area contributed by atoms with Crippen LogP contribution in [0.4, 0.5) is 0 Å². The molecule has 0 saturated heterocycles. The summed E-state index contributed by atoms with van der Waals surface area (Å²) in [6, 6.07) is 6.23. The van der Waals surface area contributed by atoms with E-state index in [4.69, 9.17) is 4.74 Å². The molecule has 0 aromatic heterocycles. The Labute approximate surface area is 87.4 Å². The maximum absolute atomic E-state index is 5.11. The monoisotopic (exact) mass is 243 g/mol. The van der Waals surface area contributed by atoms with Crippen LogP contribution in [0.15, 0.2) is 22.7 Å². The van der Waals surface area contributed by atoms with Crippen molar-refractivity contribution in [3.8, 4) is 0 Å². The number of benzene rings is 1. The van der Waals surface area contributed by atoms with Crippen molar-refractivity contribution in [1.82, 2.24) is 5.32 Å². The lowest BCUT2D eigenvalue weighted by Crippen LogP contribution is -2.08. The fourth-order valence-corrected chi connectivity index (χ4v) is 1.65. The first-order valence-electron chi connectivity index (χ1n) is 4.18. The van der Waals surface area contributed by atoms with Crippen molar-refractivity contribution in [2.75, 3.05) is 14.2 Å². The Balaban J connectivity index is 2.89. The second-order valence-corrected chi connectivity index (χ2v) is 3.79. The minimum atomic E-state index is 0.671. The van der Waals surface area contributed by atoms with Gasteiger partial charge in [0.25, 0.3) is 0 Å². The van der Waals surface area contributed by atoms with Crippen LogP contribution in [0.3, 0.4) is 0 Å². The molecule has 0 bridgehead atoms. The van der Waals surface area contributed by atoms with Gasteiger partial charge >= 0.3 is 0 Å². The third kappa shape index (κ3) is 3.10. The Morgan fingerprint density at radius 1 is 1.38 bits per heavy atom. The summed E-state index contributed by atoms with van der Waals surface area (Å²) in [5, 5.41) is 3.13. The standard InChI is InChI=1S/C10H14BrNO/c1-12-6-9-5-10(11)4-3-8(9)7-13-2/h3-5,12H,6-7H2,1-2H3. The molecule has 0 aliphatic rings. The average Bonchev–Trinajstić information content (AvgIpc) is 2.10. The number of ether oxygens (including phenoxy) is 1. The molecule has 0 radical (unpaired) electrons. The Morgan fingerprint density at radius 3 is 2.77 bits per heavy atom. The molecule has 0 unspecified atom stereocenters. The zero-order valence-corrected chi connectivity index (χ0v) is 9.52.